The zero-order valence-electron chi connectivity index (χ0n) is 21.5. The molecular formula is C30H29NO7. The van der Waals surface area contributed by atoms with Crippen molar-refractivity contribution in [2.75, 3.05) is 20.3 Å². The molecule has 0 aromatic heterocycles. The predicted octanol–water partition coefficient (Wildman–Crippen LogP) is 4.57. The molecule has 1 aliphatic heterocycles. The van der Waals surface area contributed by atoms with Crippen LogP contribution in [0, 0.1) is 6.92 Å². The Kier molecular flexibility index (Phi) is 8.23. The third-order valence-electron chi connectivity index (χ3n) is 6.20. The van der Waals surface area contributed by atoms with Crippen LogP contribution >= 0.6 is 0 Å². The van der Waals surface area contributed by atoms with Crippen LogP contribution in [-0.2, 0) is 25.7 Å². The molecule has 38 heavy (non-hydrogen) atoms. The quantitative estimate of drug-likeness (QED) is 0.146. The predicted molar refractivity (Wildman–Crippen MR) is 141 cm³/mol. The molecule has 0 spiro atoms. The average molecular weight is 516 g/mol. The molecule has 196 valence electrons. The number of Topliss-reactive ketones (excluding diaryl/α,β-unsaturated/α-hetero) is 1. The van der Waals surface area contributed by atoms with Crippen molar-refractivity contribution in [3.05, 3.63) is 101 Å². The number of benzene rings is 3. The molecule has 1 saturated heterocycles. The molecule has 8 heteroatoms. The van der Waals surface area contributed by atoms with Crippen LogP contribution in [0.1, 0.15) is 35.2 Å². The molecule has 1 fully saturated rings. The number of ether oxygens (including phenoxy) is 3. The Hall–Kier alpha value is -4.43. The van der Waals surface area contributed by atoms with Crippen LogP contribution < -0.4 is 9.47 Å². The van der Waals surface area contributed by atoms with Crippen molar-refractivity contribution < 1.29 is 33.7 Å². The fraction of sp³-hybridized carbons (Fsp3) is 0.233. The minimum atomic E-state index is -0.894. The number of amides is 1. The van der Waals surface area contributed by atoms with Gasteiger partial charge in [-0.25, -0.2) is 0 Å². The smallest absolute Gasteiger partial charge is 0.308 e. The molecule has 0 aliphatic carbocycles. The number of esters is 1. The summed E-state index contributed by atoms with van der Waals surface area (Å²) in [5.41, 5.74) is 2.61. The molecule has 1 atom stereocenters. The Morgan fingerprint density at radius 1 is 1.00 bits per heavy atom. The highest BCUT2D eigenvalue weighted by molar-refractivity contribution is 6.46. The normalized spacial score (nSPS) is 16.5. The number of nitrogens with zero attached hydrogens (tertiary/aromatic N) is 1. The van der Waals surface area contributed by atoms with Crippen molar-refractivity contribution in [2.45, 2.75) is 26.5 Å². The zero-order chi connectivity index (χ0) is 27.2. The van der Waals surface area contributed by atoms with Gasteiger partial charge in [0.15, 0.2) is 0 Å². The Labute approximate surface area is 221 Å². The van der Waals surface area contributed by atoms with E-state index in [2.05, 4.69) is 0 Å². The second-order valence-electron chi connectivity index (χ2n) is 8.91. The van der Waals surface area contributed by atoms with E-state index in [9.17, 15) is 19.5 Å². The van der Waals surface area contributed by atoms with E-state index < -0.39 is 23.7 Å². The molecule has 0 bridgehead atoms. The van der Waals surface area contributed by atoms with Gasteiger partial charge in [-0.15, -0.1) is 0 Å². The Balaban J connectivity index is 1.72. The van der Waals surface area contributed by atoms with Crippen LogP contribution in [0.25, 0.3) is 5.76 Å². The van der Waals surface area contributed by atoms with Gasteiger partial charge in [-0.2, -0.15) is 0 Å². The molecule has 1 N–H and O–H groups in total. The van der Waals surface area contributed by atoms with E-state index in [1.165, 1.54) is 18.9 Å². The standard InChI is InChI=1S/C30H29NO7/c1-19-16-23(12-13-25(19)37-18-21-8-5-4-6-9-21)28(33)26-27(31(14-15-36-3)30(35)29(26)34)22-10-7-11-24(17-22)38-20(2)32/h4-13,16-17,27,33H,14-15,18H2,1-3H3/b28-26+. The highest BCUT2D eigenvalue weighted by atomic mass is 16.5. The lowest BCUT2D eigenvalue weighted by molar-refractivity contribution is -0.140. The van der Waals surface area contributed by atoms with E-state index in [-0.39, 0.29) is 30.2 Å². The lowest BCUT2D eigenvalue weighted by Crippen LogP contribution is -2.32. The summed E-state index contributed by atoms with van der Waals surface area (Å²) in [7, 11) is 1.50. The molecule has 0 saturated carbocycles. The average Bonchev–Trinajstić information content (AvgIpc) is 3.16. The van der Waals surface area contributed by atoms with Gasteiger partial charge in [0.2, 0.25) is 0 Å². The highest BCUT2D eigenvalue weighted by Gasteiger charge is 2.46. The number of methoxy groups -OCH3 is 1. The molecule has 1 amide bonds. The van der Waals surface area contributed by atoms with Crippen LogP contribution in [0.15, 0.2) is 78.4 Å². The number of carbonyl (C=O) groups is 3. The third-order valence-corrected chi connectivity index (χ3v) is 6.20. The number of hydrogen-bond donors (Lipinski definition) is 1. The van der Waals surface area contributed by atoms with Gasteiger partial charge in [0.1, 0.15) is 23.9 Å². The largest absolute Gasteiger partial charge is 0.507 e. The fourth-order valence-corrected chi connectivity index (χ4v) is 4.41. The second-order valence-corrected chi connectivity index (χ2v) is 8.91. The van der Waals surface area contributed by atoms with Crippen LogP contribution in [0.2, 0.25) is 0 Å². The van der Waals surface area contributed by atoms with Gasteiger partial charge in [-0.05, 0) is 53.9 Å². The van der Waals surface area contributed by atoms with Crippen molar-refractivity contribution in [1.82, 2.24) is 4.90 Å². The molecule has 1 heterocycles. The summed E-state index contributed by atoms with van der Waals surface area (Å²) in [4.78, 5) is 39.0. The summed E-state index contributed by atoms with van der Waals surface area (Å²) in [5.74, 6) is -1.45. The summed E-state index contributed by atoms with van der Waals surface area (Å²) in [5, 5.41) is 11.3. The Bertz CT molecular complexity index is 1380. The molecule has 8 nitrogen and oxygen atoms in total. The van der Waals surface area contributed by atoms with Crippen LogP contribution in [-0.4, -0.2) is 47.9 Å². The first-order valence-corrected chi connectivity index (χ1v) is 12.1. The molecule has 1 aliphatic rings. The SMILES string of the molecule is COCCN1C(=O)C(=O)/C(=C(/O)c2ccc(OCc3ccccc3)c(C)c2)C1c1cccc(OC(C)=O)c1. The Morgan fingerprint density at radius 2 is 1.76 bits per heavy atom. The topological polar surface area (TPSA) is 102 Å². The van der Waals surface area contributed by atoms with Gasteiger partial charge >= 0.3 is 5.97 Å². The van der Waals surface area contributed by atoms with Gasteiger partial charge in [0.25, 0.3) is 11.7 Å². The van der Waals surface area contributed by atoms with Gasteiger partial charge < -0.3 is 24.2 Å². The maximum Gasteiger partial charge on any atom is 0.308 e. The van der Waals surface area contributed by atoms with E-state index in [0.29, 0.717) is 23.5 Å². The summed E-state index contributed by atoms with van der Waals surface area (Å²) < 4.78 is 16.3. The molecule has 0 radical (unpaired) electrons. The van der Waals surface area contributed by atoms with Crippen molar-refractivity contribution in [3.8, 4) is 11.5 Å². The van der Waals surface area contributed by atoms with Crippen molar-refractivity contribution >= 4 is 23.4 Å². The van der Waals surface area contributed by atoms with Crippen molar-refractivity contribution in [2.24, 2.45) is 0 Å². The second kappa shape index (κ2) is 11.7. The third kappa shape index (κ3) is 5.76. The molecule has 1 unspecified atom stereocenters. The van der Waals surface area contributed by atoms with Gasteiger partial charge in [0.05, 0.1) is 18.2 Å². The van der Waals surface area contributed by atoms with Gasteiger partial charge in [0, 0.05) is 26.1 Å². The van der Waals surface area contributed by atoms with E-state index in [0.717, 1.165) is 11.1 Å². The lowest BCUT2D eigenvalue weighted by atomic mass is 9.94. The molecule has 4 rings (SSSR count). The number of rotatable bonds is 9. The summed E-state index contributed by atoms with van der Waals surface area (Å²) >= 11 is 0. The first-order valence-electron chi connectivity index (χ1n) is 12.1. The van der Waals surface area contributed by atoms with E-state index in [1.54, 1.807) is 42.5 Å². The summed E-state index contributed by atoms with van der Waals surface area (Å²) in [6.45, 7) is 3.84. The number of likely N-dealkylation sites (tertiary alicyclic amines) is 1. The first-order chi connectivity index (χ1) is 18.3. The molecular weight excluding hydrogens is 486 g/mol. The first kappa shape index (κ1) is 26.6. The number of aryl methyl sites for hydroxylation is 1. The summed E-state index contributed by atoms with van der Waals surface area (Å²) in [6, 6.07) is 20.5. The Morgan fingerprint density at radius 3 is 2.45 bits per heavy atom. The van der Waals surface area contributed by atoms with Crippen molar-refractivity contribution in [3.63, 3.8) is 0 Å². The number of hydrogen-bond acceptors (Lipinski definition) is 7. The fourth-order valence-electron chi connectivity index (χ4n) is 4.41. The monoisotopic (exact) mass is 515 g/mol. The number of carbonyl (C=O) groups excluding carboxylic acids is 3. The van der Waals surface area contributed by atoms with E-state index >= 15 is 0 Å². The minimum absolute atomic E-state index is 0.0524. The minimum Gasteiger partial charge on any atom is -0.507 e. The number of aliphatic hydroxyl groups is 1. The van der Waals surface area contributed by atoms with E-state index in [4.69, 9.17) is 14.2 Å². The maximum absolute atomic E-state index is 13.2. The van der Waals surface area contributed by atoms with Gasteiger partial charge in [-0.3, -0.25) is 14.4 Å². The molecule has 3 aromatic rings. The number of ketones is 1. The summed E-state index contributed by atoms with van der Waals surface area (Å²) in [6.07, 6.45) is 0. The highest BCUT2D eigenvalue weighted by Crippen LogP contribution is 2.40. The number of aliphatic hydroxyl groups excluding tert-OH is 1. The van der Waals surface area contributed by atoms with E-state index in [1.807, 2.05) is 37.3 Å². The van der Waals surface area contributed by atoms with Crippen LogP contribution in [0.3, 0.4) is 0 Å². The van der Waals surface area contributed by atoms with Gasteiger partial charge in [-0.1, -0.05) is 42.5 Å². The maximum atomic E-state index is 13.2. The molecule has 3 aromatic carbocycles. The zero-order valence-corrected chi connectivity index (χ0v) is 21.5. The van der Waals surface area contributed by atoms with Crippen molar-refractivity contribution in [1.29, 1.82) is 0 Å². The van der Waals surface area contributed by atoms with Crippen LogP contribution in [0.4, 0.5) is 0 Å². The van der Waals surface area contributed by atoms with Crippen LogP contribution in [0.5, 0.6) is 11.5 Å². The lowest BCUT2D eigenvalue weighted by Gasteiger charge is -2.25.